The normalized spacial score (nSPS) is 32.4. The Morgan fingerprint density at radius 2 is 1.91 bits per heavy atom. The molecule has 1 aromatic carbocycles. The van der Waals surface area contributed by atoms with Crippen LogP contribution in [0.25, 0.3) is 6.08 Å². The fourth-order valence-electron chi connectivity index (χ4n) is 6.00. The number of ketones is 4. The molecule has 1 aromatic rings. The maximum atomic E-state index is 13.7. The van der Waals surface area contributed by atoms with Gasteiger partial charge < -0.3 is 20.7 Å². The molecule has 0 spiro atoms. The number of phenols is 1. The number of primary amides is 1. The summed E-state index contributed by atoms with van der Waals surface area (Å²) < 4.78 is 5.25. The number of aliphatic hydroxyl groups is 1. The molecule has 4 rings (SSSR count). The molecule has 3 aliphatic rings. The second kappa shape index (κ2) is 8.69. The molecule has 2 unspecified atom stereocenters. The van der Waals surface area contributed by atoms with Gasteiger partial charge in [0.2, 0.25) is 5.91 Å². The Hall–Kier alpha value is -3.37. The first kappa shape index (κ1) is 24.7. The van der Waals surface area contributed by atoms with E-state index in [-0.39, 0.29) is 24.2 Å². The number of aromatic hydroxyl groups is 1. The number of hydrogen-bond donors (Lipinski definition) is 3. The number of rotatable bonds is 5. The van der Waals surface area contributed by atoms with Crippen LogP contribution in [0, 0.1) is 23.7 Å². The number of nitrogens with zero attached hydrogens (tertiary/aromatic N) is 1. The smallest absolute Gasteiger partial charge is 0.235 e. The number of Topliss-reactive ketones (excluding diaryl/α,β-unsaturated/α-hetero) is 4. The van der Waals surface area contributed by atoms with Crippen molar-refractivity contribution in [3.63, 3.8) is 0 Å². The van der Waals surface area contributed by atoms with E-state index in [9.17, 15) is 34.2 Å². The number of hydrogen-bond acceptors (Lipinski definition) is 9. The van der Waals surface area contributed by atoms with Crippen LogP contribution in [0.3, 0.4) is 0 Å². The monoisotopic (exact) mass is 484 g/mol. The van der Waals surface area contributed by atoms with Gasteiger partial charge >= 0.3 is 0 Å². The van der Waals surface area contributed by atoms with Crippen LogP contribution in [0.15, 0.2) is 18.4 Å². The molecule has 2 saturated carbocycles. The van der Waals surface area contributed by atoms with Gasteiger partial charge in [0.25, 0.3) is 0 Å². The molecule has 0 radical (unpaired) electrons. The third-order valence-corrected chi connectivity index (χ3v) is 7.49. The van der Waals surface area contributed by atoms with E-state index < -0.39 is 64.4 Å². The molecular formula is C25H28N2O8. The van der Waals surface area contributed by atoms with Crippen LogP contribution in [0.4, 0.5) is 0 Å². The fraction of sp³-hybridized carbons (Fsp3) is 0.480. The summed E-state index contributed by atoms with van der Waals surface area (Å²) in [7, 11) is 3.09. The van der Waals surface area contributed by atoms with E-state index >= 15 is 0 Å². The van der Waals surface area contributed by atoms with Crippen molar-refractivity contribution in [2.75, 3.05) is 20.7 Å². The van der Waals surface area contributed by atoms with Gasteiger partial charge in [-0.05, 0) is 63.0 Å². The summed E-state index contributed by atoms with van der Waals surface area (Å²) in [5.41, 5.74) is 3.69. The van der Waals surface area contributed by atoms with Gasteiger partial charge in [-0.3, -0.25) is 28.9 Å². The average molecular weight is 485 g/mol. The Labute approximate surface area is 201 Å². The van der Waals surface area contributed by atoms with E-state index in [2.05, 4.69) is 0 Å². The summed E-state index contributed by atoms with van der Waals surface area (Å²) in [5.74, 6) is -10.6. The first-order chi connectivity index (χ1) is 16.5. The van der Waals surface area contributed by atoms with Gasteiger partial charge in [0, 0.05) is 5.92 Å². The molecule has 4 N–H and O–H groups in total. The number of benzene rings is 1. The first-order valence-corrected chi connectivity index (χ1v) is 11.4. The van der Waals surface area contributed by atoms with E-state index in [0.29, 0.717) is 17.7 Å². The standard InChI is InChI=1S/C25H28N2O8/c1-4-35-8-7-11-5-6-15(28)17-13(11)9-12-10-14-19(27(2)3)21(30)18(24(26)33)23(32)25(14,34)22(31)16(12)20(17)29/h5-8,12,14,16,18-19,28,34H,4,9-10H2,1-3H3,(H2,26,33)/b8-7+/t12-,14-,16?,18?,19-,25-/m0/s1. The second-order valence-electron chi connectivity index (χ2n) is 9.57. The molecule has 0 bridgehead atoms. The maximum absolute atomic E-state index is 13.7. The van der Waals surface area contributed by atoms with Crippen molar-refractivity contribution in [1.29, 1.82) is 0 Å². The van der Waals surface area contributed by atoms with Crippen LogP contribution >= 0.6 is 0 Å². The van der Waals surface area contributed by atoms with Crippen LogP contribution in [-0.2, 0) is 30.3 Å². The van der Waals surface area contributed by atoms with Gasteiger partial charge in [0.15, 0.2) is 34.7 Å². The minimum absolute atomic E-state index is 0.00810. The van der Waals surface area contributed by atoms with Gasteiger partial charge in [-0.15, -0.1) is 0 Å². The summed E-state index contributed by atoms with van der Waals surface area (Å²) in [6.07, 6.45) is 3.34. The van der Waals surface area contributed by atoms with E-state index in [1.165, 1.54) is 17.2 Å². The topological polar surface area (TPSA) is 164 Å². The highest BCUT2D eigenvalue weighted by Crippen LogP contribution is 2.51. The van der Waals surface area contributed by atoms with Gasteiger partial charge in [-0.25, -0.2) is 0 Å². The molecule has 2 fully saturated rings. The Morgan fingerprint density at radius 3 is 2.51 bits per heavy atom. The predicted molar refractivity (Wildman–Crippen MR) is 122 cm³/mol. The molecule has 35 heavy (non-hydrogen) atoms. The minimum Gasteiger partial charge on any atom is -0.507 e. The SMILES string of the molecule is CCO/C=C/c1ccc(O)c2c1C[C@H]1C[C@H]3[C@H](N(C)C)C(=O)C(C(N)=O)C(=O)[C@@]3(O)C(=O)C1C2=O. The number of carbonyl (C=O) groups is 5. The average Bonchev–Trinajstić information content (AvgIpc) is 2.77. The Morgan fingerprint density at radius 1 is 1.23 bits per heavy atom. The zero-order chi connectivity index (χ0) is 25.8. The lowest BCUT2D eigenvalue weighted by Gasteiger charge is -2.52. The molecule has 0 aliphatic heterocycles. The van der Waals surface area contributed by atoms with E-state index in [0.717, 1.165) is 0 Å². The molecule has 0 aromatic heterocycles. The van der Waals surface area contributed by atoms with E-state index in [4.69, 9.17) is 10.5 Å². The van der Waals surface area contributed by atoms with Gasteiger partial charge in [-0.2, -0.15) is 0 Å². The number of phenolic OH excluding ortho intramolecular Hbond substituents is 1. The number of nitrogens with two attached hydrogens (primary N) is 1. The number of fused-ring (bicyclic) bond motifs is 3. The first-order valence-electron chi connectivity index (χ1n) is 11.4. The summed E-state index contributed by atoms with van der Waals surface area (Å²) in [4.78, 5) is 67.0. The van der Waals surface area contributed by atoms with Crippen LogP contribution in [-0.4, -0.2) is 76.5 Å². The van der Waals surface area contributed by atoms with Crippen molar-refractivity contribution in [2.45, 2.75) is 31.4 Å². The quantitative estimate of drug-likeness (QED) is 0.381. The molecule has 3 aliphatic carbocycles. The highest BCUT2D eigenvalue weighted by Gasteiger charge is 2.69. The molecule has 10 heteroatoms. The number of ether oxygens (including phenoxy) is 1. The largest absolute Gasteiger partial charge is 0.507 e. The summed E-state index contributed by atoms with van der Waals surface area (Å²) in [6.45, 7) is 2.26. The lowest BCUT2D eigenvalue weighted by Crippen LogP contribution is -2.74. The molecule has 186 valence electrons. The predicted octanol–water partition coefficient (Wildman–Crippen LogP) is -0.126. The Bertz CT molecular complexity index is 1170. The third kappa shape index (κ3) is 3.51. The molecule has 6 atom stereocenters. The summed E-state index contributed by atoms with van der Waals surface area (Å²) in [5, 5.41) is 22.0. The summed E-state index contributed by atoms with van der Waals surface area (Å²) >= 11 is 0. The minimum atomic E-state index is -2.72. The zero-order valence-corrected chi connectivity index (χ0v) is 19.7. The fourth-order valence-corrected chi connectivity index (χ4v) is 6.00. The van der Waals surface area contributed by atoms with Crippen LogP contribution in [0.2, 0.25) is 0 Å². The lowest BCUT2D eigenvalue weighted by atomic mass is 9.52. The molecular weight excluding hydrogens is 456 g/mol. The lowest BCUT2D eigenvalue weighted by molar-refractivity contribution is -0.181. The van der Waals surface area contributed by atoms with Crippen molar-refractivity contribution in [2.24, 2.45) is 29.4 Å². The van der Waals surface area contributed by atoms with Crippen LogP contribution < -0.4 is 5.73 Å². The van der Waals surface area contributed by atoms with Crippen LogP contribution in [0.5, 0.6) is 5.75 Å². The second-order valence-corrected chi connectivity index (χ2v) is 9.57. The van der Waals surface area contributed by atoms with Gasteiger partial charge in [0.1, 0.15) is 5.75 Å². The van der Waals surface area contributed by atoms with Gasteiger partial charge in [0.05, 0.1) is 30.4 Å². The number of amides is 1. The molecule has 0 saturated heterocycles. The number of carbonyl (C=O) groups excluding carboxylic acids is 5. The zero-order valence-electron chi connectivity index (χ0n) is 19.7. The highest BCUT2D eigenvalue weighted by atomic mass is 16.5. The van der Waals surface area contributed by atoms with Crippen molar-refractivity contribution in [1.82, 2.24) is 4.90 Å². The van der Waals surface area contributed by atoms with Crippen molar-refractivity contribution < 1.29 is 38.9 Å². The third-order valence-electron chi connectivity index (χ3n) is 7.49. The Balaban J connectivity index is 1.85. The molecule has 10 nitrogen and oxygen atoms in total. The van der Waals surface area contributed by atoms with Crippen molar-refractivity contribution in [3.8, 4) is 5.75 Å². The Kier molecular flexibility index (Phi) is 6.14. The highest BCUT2D eigenvalue weighted by molar-refractivity contribution is 6.32. The van der Waals surface area contributed by atoms with Crippen molar-refractivity contribution >= 4 is 35.1 Å². The van der Waals surface area contributed by atoms with Gasteiger partial charge in [-0.1, -0.05) is 6.07 Å². The molecule has 0 heterocycles. The number of likely N-dealkylation sites (N-methyl/N-ethyl adjacent to an activating group) is 1. The van der Waals surface area contributed by atoms with Crippen LogP contribution in [0.1, 0.15) is 34.8 Å². The summed E-state index contributed by atoms with van der Waals surface area (Å²) in [6, 6.07) is 1.84. The molecule has 1 amide bonds. The van der Waals surface area contributed by atoms with E-state index in [1.54, 1.807) is 26.2 Å². The maximum Gasteiger partial charge on any atom is 0.235 e. The van der Waals surface area contributed by atoms with E-state index in [1.807, 2.05) is 6.92 Å². The van der Waals surface area contributed by atoms with Crippen molar-refractivity contribution in [3.05, 3.63) is 35.1 Å².